The molecule has 0 spiro atoms. The van der Waals surface area contributed by atoms with Crippen LogP contribution in [0, 0.1) is 5.92 Å². The maximum absolute atomic E-state index is 11.9. The van der Waals surface area contributed by atoms with Crippen molar-refractivity contribution in [3.63, 3.8) is 0 Å². The summed E-state index contributed by atoms with van der Waals surface area (Å²) in [6.07, 6.45) is 3.74. The average molecular weight is 232 g/mol. The molecule has 0 amide bonds. The highest BCUT2D eigenvalue weighted by atomic mass is 16.5. The van der Waals surface area contributed by atoms with Crippen LogP contribution < -0.4 is 4.74 Å². The van der Waals surface area contributed by atoms with E-state index in [1.54, 1.807) is 12.1 Å². The van der Waals surface area contributed by atoms with Gasteiger partial charge in [0.2, 0.25) is 0 Å². The lowest BCUT2D eigenvalue weighted by Gasteiger charge is -2.09. The number of benzene rings is 1. The second kappa shape index (κ2) is 4.15. The Morgan fingerprint density at radius 1 is 1.18 bits per heavy atom. The fourth-order valence-corrected chi connectivity index (χ4v) is 1.87. The van der Waals surface area contributed by atoms with Gasteiger partial charge in [-0.3, -0.25) is 4.79 Å². The van der Waals surface area contributed by atoms with Gasteiger partial charge in [-0.15, -0.1) is 0 Å². The second-order valence-corrected chi connectivity index (χ2v) is 4.99. The number of ketones is 1. The largest absolute Gasteiger partial charge is 0.490 e. The van der Waals surface area contributed by atoms with E-state index in [-0.39, 0.29) is 11.7 Å². The van der Waals surface area contributed by atoms with E-state index in [1.807, 2.05) is 12.1 Å². The van der Waals surface area contributed by atoms with Gasteiger partial charge in [-0.25, -0.2) is 0 Å². The van der Waals surface area contributed by atoms with Crippen molar-refractivity contribution in [2.45, 2.75) is 37.9 Å². The molecule has 0 saturated heterocycles. The predicted molar refractivity (Wildman–Crippen MR) is 63.2 cm³/mol. The molecule has 1 N–H and O–H groups in total. The van der Waals surface area contributed by atoms with Crippen molar-refractivity contribution in [2.75, 3.05) is 0 Å². The van der Waals surface area contributed by atoms with Gasteiger partial charge in [0.25, 0.3) is 0 Å². The molecule has 2 saturated carbocycles. The van der Waals surface area contributed by atoms with E-state index < -0.39 is 6.10 Å². The Labute approximate surface area is 100 Å². The van der Waals surface area contributed by atoms with Crippen molar-refractivity contribution in [1.82, 2.24) is 0 Å². The fraction of sp³-hybridized carbons (Fsp3) is 0.500. The van der Waals surface area contributed by atoms with Crippen molar-refractivity contribution >= 4 is 5.78 Å². The predicted octanol–water partition coefficient (Wildman–Crippen LogP) is 2.18. The van der Waals surface area contributed by atoms with E-state index in [2.05, 4.69) is 0 Å². The summed E-state index contributed by atoms with van der Waals surface area (Å²) in [6, 6.07) is 7.10. The van der Waals surface area contributed by atoms with Crippen LogP contribution in [0.1, 0.15) is 36.0 Å². The highest BCUT2D eigenvalue weighted by Gasteiger charge is 2.34. The summed E-state index contributed by atoms with van der Waals surface area (Å²) in [7, 11) is 0. The third-order valence-electron chi connectivity index (χ3n) is 3.30. The van der Waals surface area contributed by atoms with Gasteiger partial charge in [0.1, 0.15) is 11.9 Å². The van der Waals surface area contributed by atoms with Gasteiger partial charge < -0.3 is 9.84 Å². The minimum atomic E-state index is -0.815. The molecule has 3 heteroatoms. The minimum absolute atomic E-state index is 0.162. The van der Waals surface area contributed by atoms with E-state index in [0.717, 1.165) is 31.4 Å². The molecule has 1 aromatic rings. The number of aliphatic hydroxyl groups excluding tert-OH is 1. The number of aliphatic hydroxyl groups is 1. The molecule has 0 aliphatic heterocycles. The van der Waals surface area contributed by atoms with Gasteiger partial charge in [-0.2, -0.15) is 0 Å². The van der Waals surface area contributed by atoms with Crippen LogP contribution in [-0.4, -0.2) is 23.1 Å². The van der Waals surface area contributed by atoms with E-state index >= 15 is 0 Å². The maximum atomic E-state index is 11.9. The Hall–Kier alpha value is -1.35. The molecule has 3 rings (SSSR count). The van der Waals surface area contributed by atoms with Crippen LogP contribution in [0.5, 0.6) is 5.75 Å². The Bertz CT molecular complexity index is 416. The van der Waals surface area contributed by atoms with Crippen LogP contribution >= 0.6 is 0 Å². The molecule has 1 unspecified atom stereocenters. The number of rotatable bonds is 5. The monoisotopic (exact) mass is 232 g/mol. The number of hydrogen-bond acceptors (Lipinski definition) is 3. The van der Waals surface area contributed by atoms with Gasteiger partial charge in [0.15, 0.2) is 5.78 Å². The van der Waals surface area contributed by atoms with Gasteiger partial charge in [0.05, 0.1) is 6.10 Å². The van der Waals surface area contributed by atoms with E-state index in [4.69, 9.17) is 4.74 Å². The Morgan fingerprint density at radius 3 is 2.35 bits per heavy atom. The van der Waals surface area contributed by atoms with Crippen molar-refractivity contribution in [3.8, 4) is 5.75 Å². The zero-order chi connectivity index (χ0) is 11.8. The van der Waals surface area contributed by atoms with Crippen molar-refractivity contribution in [2.24, 2.45) is 5.92 Å². The van der Waals surface area contributed by atoms with E-state index in [1.165, 1.54) is 0 Å². The molecule has 0 radical (unpaired) electrons. The van der Waals surface area contributed by atoms with Crippen LogP contribution in [0.15, 0.2) is 24.3 Å². The zero-order valence-electron chi connectivity index (χ0n) is 9.63. The van der Waals surface area contributed by atoms with Crippen LogP contribution in [-0.2, 0) is 0 Å². The van der Waals surface area contributed by atoms with Gasteiger partial charge >= 0.3 is 0 Å². The lowest BCUT2D eigenvalue weighted by atomic mass is 10.0. The highest BCUT2D eigenvalue weighted by Crippen LogP contribution is 2.34. The summed E-state index contributed by atoms with van der Waals surface area (Å²) >= 11 is 0. The van der Waals surface area contributed by atoms with Crippen LogP contribution in [0.3, 0.4) is 0 Å². The quantitative estimate of drug-likeness (QED) is 0.791. The number of carbonyl (C=O) groups is 1. The van der Waals surface area contributed by atoms with Crippen LogP contribution in [0.25, 0.3) is 0 Å². The highest BCUT2D eigenvalue weighted by molar-refractivity contribution is 5.99. The molecule has 0 bridgehead atoms. The summed E-state index contributed by atoms with van der Waals surface area (Å²) < 4.78 is 5.61. The van der Waals surface area contributed by atoms with Gasteiger partial charge in [-0.05, 0) is 55.9 Å². The van der Waals surface area contributed by atoms with Crippen molar-refractivity contribution in [3.05, 3.63) is 29.8 Å². The van der Waals surface area contributed by atoms with Crippen LogP contribution in [0.4, 0.5) is 0 Å². The van der Waals surface area contributed by atoms with Crippen molar-refractivity contribution in [1.29, 1.82) is 0 Å². The Balaban J connectivity index is 1.67. The van der Waals surface area contributed by atoms with Gasteiger partial charge in [0, 0.05) is 5.56 Å². The molecule has 90 valence electrons. The first-order valence-electron chi connectivity index (χ1n) is 6.23. The second-order valence-electron chi connectivity index (χ2n) is 4.99. The van der Waals surface area contributed by atoms with Crippen LogP contribution in [0.2, 0.25) is 0 Å². The smallest absolute Gasteiger partial charge is 0.191 e. The molecule has 1 aromatic carbocycles. The molecule has 2 fully saturated rings. The lowest BCUT2D eigenvalue weighted by molar-refractivity contribution is 0.0704. The maximum Gasteiger partial charge on any atom is 0.191 e. The molecule has 0 heterocycles. The zero-order valence-corrected chi connectivity index (χ0v) is 9.63. The number of Topliss-reactive ketones (excluding diaryl/α,β-unsaturated/α-hetero) is 1. The number of carbonyl (C=O) groups excluding carboxylic acids is 1. The molecular formula is C14H16O3. The topological polar surface area (TPSA) is 46.5 Å². The molecule has 17 heavy (non-hydrogen) atoms. The third-order valence-corrected chi connectivity index (χ3v) is 3.30. The standard InChI is InChI=1S/C14H16O3/c15-13(9-1-2-9)14(16)10-3-5-11(6-4-10)17-12-7-8-12/h3-6,9,12-13,15H,1-2,7-8H2. The Kier molecular flexibility index (Phi) is 2.63. The molecule has 1 atom stereocenters. The summed E-state index contributed by atoms with van der Waals surface area (Å²) in [5, 5.41) is 9.75. The Morgan fingerprint density at radius 2 is 1.82 bits per heavy atom. The molecule has 0 aromatic heterocycles. The lowest BCUT2D eigenvalue weighted by Crippen LogP contribution is -2.22. The fourth-order valence-electron chi connectivity index (χ4n) is 1.87. The first-order valence-corrected chi connectivity index (χ1v) is 6.23. The average Bonchev–Trinajstić information content (AvgIpc) is 3.21. The SMILES string of the molecule is O=C(c1ccc(OC2CC2)cc1)C(O)C1CC1. The summed E-state index contributed by atoms with van der Waals surface area (Å²) in [6.45, 7) is 0. The summed E-state index contributed by atoms with van der Waals surface area (Å²) in [5.41, 5.74) is 0.576. The normalized spacial score (nSPS) is 21.0. The van der Waals surface area contributed by atoms with E-state index in [0.29, 0.717) is 11.7 Å². The molecule has 2 aliphatic carbocycles. The number of hydrogen-bond donors (Lipinski definition) is 1. The first kappa shape index (κ1) is 10.8. The third kappa shape index (κ3) is 2.50. The molecular weight excluding hydrogens is 216 g/mol. The summed E-state index contributed by atoms with van der Waals surface area (Å²) in [5.74, 6) is 0.834. The van der Waals surface area contributed by atoms with E-state index in [9.17, 15) is 9.90 Å². The first-order chi connectivity index (χ1) is 8.24. The molecule has 2 aliphatic rings. The van der Waals surface area contributed by atoms with Crippen molar-refractivity contribution < 1.29 is 14.6 Å². The summed E-state index contributed by atoms with van der Waals surface area (Å²) in [4.78, 5) is 11.9. The minimum Gasteiger partial charge on any atom is -0.490 e. The molecule has 3 nitrogen and oxygen atoms in total. The van der Waals surface area contributed by atoms with Gasteiger partial charge in [-0.1, -0.05) is 0 Å². The number of ether oxygens (including phenoxy) is 1.